The van der Waals surface area contributed by atoms with E-state index in [0.29, 0.717) is 41.3 Å². The Morgan fingerprint density at radius 2 is 2.00 bits per heavy atom. The molecule has 0 radical (unpaired) electrons. The van der Waals surface area contributed by atoms with Crippen molar-refractivity contribution in [1.29, 1.82) is 0 Å². The van der Waals surface area contributed by atoms with Gasteiger partial charge >= 0.3 is 0 Å². The molecule has 146 valence electrons. The topological polar surface area (TPSA) is 122 Å². The van der Waals surface area contributed by atoms with Gasteiger partial charge < -0.3 is 9.26 Å². The molecule has 0 fully saturated rings. The molecule has 0 spiro atoms. The Hall–Kier alpha value is -3.37. The summed E-state index contributed by atoms with van der Waals surface area (Å²) < 4.78 is 14.3. The molecule has 0 bridgehead atoms. The van der Waals surface area contributed by atoms with Crippen LogP contribution in [0.5, 0.6) is 5.88 Å². The highest BCUT2D eigenvalue weighted by molar-refractivity contribution is 5.53. The third-order valence-corrected chi connectivity index (χ3v) is 4.12. The van der Waals surface area contributed by atoms with Gasteiger partial charge in [-0.2, -0.15) is 14.6 Å². The van der Waals surface area contributed by atoms with E-state index in [1.165, 1.54) is 0 Å². The second kappa shape index (κ2) is 6.66. The van der Waals surface area contributed by atoms with E-state index in [4.69, 9.17) is 9.26 Å². The second-order valence-electron chi connectivity index (χ2n) is 7.40. The van der Waals surface area contributed by atoms with Crippen LogP contribution in [0.1, 0.15) is 45.0 Å². The highest BCUT2D eigenvalue weighted by atomic mass is 16.5. The monoisotopic (exact) mass is 383 g/mol. The minimum Gasteiger partial charge on any atom is -0.468 e. The van der Waals surface area contributed by atoms with Crippen molar-refractivity contribution in [2.75, 3.05) is 0 Å². The smallest absolute Gasteiger partial charge is 0.242 e. The van der Waals surface area contributed by atoms with Crippen molar-refractivity contribution < 1.29 is 9.26 Å². The summed E-state index contributed by atoms with van der Waals surface area (Å²) in [5, 5.41) is 21.2. The molecule has 28 heavy (non-hydrogen) atoms. The van der Waals surface area contributed by atoms with Gasteiger partial charge in [0.2, 0.25) is 23.4 Å². The van der Waals surface area contributed by atoms with Crippen molar-refractivity contribution in [2.45, 2.75) is 46.1 Å². The maximum atomic E-state index is 5.97. The van der Waals surface area contributed by atoms with Gasteiger partial charge in [-0.15, -0.1) is 15.3 Å². The van der Waals surface area contributed by atoms with Crippen LogP contribution in [-0.2, 0) is 25.5 Å². The second-order valence-corrected chi connectivity index (χ2v) is 7.40. The first-order valence-corrected chi connectivity index (χ1v) is 8.92. The van der Waals surface area contributed by atoms with Crippen LogP contribution in [0.4, 0.5) is 0 Å². The van der Waals surface area contributed by atoms with Crippen molar-refractivity contribution in [3.05, 3.63) is 29.7 Å². The zero-order chi connectivity index (χ0) is 19.9. The first kappa shape index (κ1) is 18.0. The highest BCUT2D eigenvalue weighted by Crippen LogP contribution is 2.31. The van der Waals surface area contributed by atoms with Crippen molar-refractivity contribution in [2.24, 2.45) is 7.05 Å². The summed E-state index contributed by atoms with van der Waals surface area (Å²) in [6.07, 6.45) is 2.26. The normalized spacial score (nSPS) is 12.0. The molecule has 0 aliphatic heterocycles. The maximum absolute atomic E-state index is 5.97. The number of hydrogen-bond acceptors (Lipinski definition) is 9. The molecule has 0 saturated heterocycles. The summed E-state index contributed by atoms with van der Waals surface area (Å²) >= 11 is 0. The van der Waals surface area contributed by atoms with E-state index >= 15 is 0 Å². The third kappa shape index (κ3) is 3.30. The largest absolute Gasteiger partial charge is 0.468 e. The molecular weight excluding hydrogens is 362 g/mol. The van der Waals surface area contributed by atoms with Crippen LogP contribution >= 0.6 is 0 Å². The summed E-state index contributed by atoms with van der Waals surface area (Å²) in [5.74, 6) is 2.26. The lowest BCUT2D eigenvalue weighted by atomic mass is 9.88. The predicted octanol–water partition coefficient (Wildman–Crippen LogP) is 1.74. The number of nitrogens with zero attached hydrogens (tertiary/aromatic N) is 9. The van der Waals surface area contributed by atoms with E-state index in [1.54, 1.807) is 22.6 Å². The van der Waals surface area contributed by atoms with Crippen LogP contribution in [0.25, 0.3) is 17.3 Å². The molecule has 4 aromatic heterocycles. The summed E-state index contributed by atoms with van der Waals surface area (Å²) in [5.41, 5.74) is 1.26. The van der Waals surface area contributed by atoms with Gasteiger partial charge in [-0.25, -0.2) is 4.98 Å². The Morgan fingerprint density at radius 1 is 1.18 bits per heavy atom. The van der Waals surface area contributed by atoms with Gasteiger partial charge in [0.15, 0.2) is 18.1 Å². The van der Waals surface area contributed by atoms with E-state index in [1.807, 2.05) is 13.0 Å². The Balaban J connectivity index is 1.77. The van der Waals surface area contributed by atoms with Gasteiger partial charge in [0.1, 0.15) is 6.33 Å². The quantitative estimate of drug-likeness (QED) is 0.507. The van der Waals surface area contributed by atoms with Gasteiger partial charge in [0, 0.05) is 19.0 Å². The average molecular weight is 383 g/mol. The molecule has 4 rings (SSSR count). The SMILES string of the molecule is CCc1nc(-c2nnc3cc(C(C)(C)C)c(OCc4ncn(C)n4)nn23)no1. The maximum Gasteiger partial charge on any atom is 0.242 e. The van der Waals surface area contributed by atoms with E-state index in [9.17, 15) is 0 Å². The zero-order valence-electron chi connectivity index (χ0n) is 16.4. The molecule has 4 heterocycles. The van der Waals surface area contributed by atoms with Crippen LogP contribution in [0.15, 0.2) is 16.9 Å². The molecule has 0 aliphatic rings. The van der Waals surface area contributed by atoms with Crippen LogP contribution in [0, 0.1) is 0 Å². The Kier molecular flexibility index (Phi) is 4.28. The van der Waals surface area contributed by atoms with Crippen molar-refractivity contribution >= 4 is 5.65 Å². The lowest BCUT2D eigenvalue weighted by molar-refractivity contribution is 0.271. The lowest BCUT2D eigenvalue weighted by Gasteiger charge is -2.21. The lowest BCUT2D eigenvalue weighted by Crippen LogP contribution is -2.16. The number of hydrogen-bond donors (Lipinski definition) is 0. The predicted molar refractivity (Wildman–Crippen MR) is 97.5 cm³/mol. The summed E-state index contributed by atoms with van der Waals surface area (Å²) in [6, 6.07) is 1.91. The van der Waals surface area contributed by atoms with Crippen LogP contribution in [0.2, 0.25) is 0 Å². The van der Waals surface area contributed by atoms with E-state index < -0.39 is 0 Å². The fourth-order valence-electron chi connectivity index (χ4n) is 2.67. The summed E-state index contributed by atoms with van der Waals surface area (Å²) in [4.78, 5) is 8.50. The molecule has 0 saturated carbocycles. The van der Waals surface area contributed by atoms with Crippen LogP contribution in [0.3, 0.4) is 0 Å². The standard InChI is InChI=1S/C17H21N9O2/c1-6-13-19-14(24-28-13)15-21-20-12-7-10(17(2,3)4)16(23-26(12)15)27-8-11-18-9-25(5)22-11/h7,9H,6,8H2,1-5H3. The number of ether oxygens (including phenoxy) is 1. The molecule has 0 N–H and O–H groups in total. The van der Waals surface area contributed by atoms with Crippen LogP contribution < -0.4 is 4.74 Å². The van der Waals surface area contributed by atoms with E-state index in [0.717, 1.165) is 5.56 Å². The third-order valence-electron chi connectivity index (χ3n) is 4.12. The minimum atomic E-state index is -0.213. The molecule has 0 aliphatic carbocycles. The van der Waals surface area contributed by atoms with Gasteiger partial charge in [0.25, 0.3) is 0 Å². The van der Waals surface area contributed by atoms with E-state index in [-0.39, 0.29) is 12.0 Å². The van der Waals surface area contributed by atoms with Crippen LogP contribution in [-0.4, -0.2) is 44.7 Å². The zero-order valence-corrected chi connectivity index (χ0v) is 16.4. The molecule has 0 aromatic carbocycles. The number of fused-ring (bicyclic) bond motifs is 1. The number of rotatable bonds is 5. The molecule has 4 aromatic rings. The molecule has 11 nitrogen and oxygen atoms in total. The fraction of sp³-hybridized carbons (Fsp3) is 0.471. The number of aromatic nitrogens is 9. The molecule has 0 unspecified atom stereocenters. The molecule has 11 heteroatoms. The highest BCUT2D eigenvalue weighted by Gasteiger charge is 2.25. The van der Waals surface area contributed by atoms with E-state index in [2.05, 4.69) is 56.3 Å². The summed E-state index contributed by atoms with van der Waals surface area (Å²) in [6.45, 7) is 8.37. The average Bonchev–Trinajstić information content (AvgIpc) is 3.37. The summed E-state index contributed by atoms with van der Waals surface area (Å²) in [7, 11) is 1.81. The Labute approximate surface area is 160 Å². The van der Waals surface area contributed by atoms with Gasteiger partial charge in [-0.1, -0.05) is 32.9 Å². The van der Waals surface area contributed by atoms with Crippen molar-refractivity contribution in [3.63, 3.8) is 0 Å². The van der Waals surface area contributed by atoms with Gasteiger partial charge in [0.05, 0.1) is 0 Å². The Bertz CT molecular complexity index is 1120. The fourth-order valence-corrected chi connectivity index (χ4v) is 2.67. The molecule has 0 atom stereocenters. The van der Waals surface area contributed by atoms with Crippen molar-refractivity contribution in [1.82, 2.24) is 44.7 Å². The first-order valence-electron chi connectivity index (χ1n) is 8.92. The number of aryl methyl sites for hydroxylation is 2. The molecular formula is C17H21N9O2. The van der Waals surface area contributed by atoms with Crippen molar-refractivity contribution in [3.8, 4) is 17.5 Å². The Morgan fingerprint density at radius 3 is 2.64 bits per heavy atom. The minimum absolute atomic E-state index is 0.197. The first-order chi connectivity index (χ1) is 13.3. The molecule has 0 amide bonds. The van der Waals surface area contributed by atoms with Gasteiger partial charge in [-0.3, -0.25) is 4.68 Å². The van der Waals surface area contributed by atoms with Gasteiger partial charge in [-0.05, 0) is 11.5 Å².